The van der Waals surface area contributed by atoms with Crippen LogP contribution in [-0.4, -0.2) is 4.98 Å². The van der Waals surface area contributed by atoms with Crippen molar-refractivity contribution in [1.82, 2.24) is 4.98 Å². The molecule has 0 unspecified atom stereocenters. The highest BCUT2D eigenvalue weighted by Gasteiger charge is 2.16. The Hall–Kier alpha value is -2.34. The molecule has 0 radical (unpaired) electrons. The van der Waals surface area contributed by atoms with E-state index in [0.29, 0.717) is 11.4 Å². The second kappa shape index (κ2) is 5.53. The molecule has 2 N–H and O–H groups in total. The lowest BCUT2D eigenvalue weighted by Gasteiger charge is -2.14. The minimum Gasteiger partial charge on any atom is -0.383 e. The summed E-state index contributed by atoms with van der Waals surface area (Å²) in [7, 11) is 0. The van der Waals surface area contributed by atoms with Crippen molar-refractivity contribution in [2.24, 2.45) is 0 Å². The number of hydrogen-bond acceptors (Lipinski definition) is 3. The minimum absolute atomic E-state index is 0.329. The number of benzene rings is 1. The molecule has 0 amide bonds. The quantitative estimate of drug-likeness (QED) is 0.908. The molecular formula is C16H17N3. The number of nitrogens with zero attached hydrogens (tertiary/aromatic N) is 2. The van der Waals surface area contributed by atoms with Gasteiger partial charge < -0.3 is 5.73 Å². The first-order valence-corrected chi connectivity index (χ1v) is 6.43. The Bertz CT molecular complexity index is 625. The molecule has 96 valence electrons. The third-order valence-electron chi connectivity index (χ3n) is 3.23. The van der Waals surface area contributed by atoms with E-state index in [2.05, 4.69) is 18.0 Å². The summed E-state index contributed by atoms with van der Waals surface area (Å²) in [6.07, 6.45) is 1.88. The lowest BCUT2D eigenvalue weighted by atomic mass is 9.94. The van der Waals surface area contributed by atoms with Gasteiger partial charge in [0, 0.05) is 11.3 Å². The fraction of sp³-hybridized carbons (Fsp3) is 0.250. The second-order valence-corrected chi connectivity index (χ2v) is 4.55. The second-order valence-electron chi connectivity index (χ2n) is 4.55. The van der Waals surface area contributed by atoms with Gasteiger partial charge in [0.25, 0.3) is 0 Å². The van der Waals surface area contributed by atoms with Crippen molar-refractivity contribution in [3.8, 4) is 17.2 Å². The van der Waals surface area contributed by atoms with Crippen LogP contribution in [0.5, 0.6) is 0 Å². The summed E-state index contributed by atoms with van der Waals surface area (Å²) in [5, 5.41) is 9.34. The van der Waals surface area contributed by atoms with E-state index in [1.54, 1.807) is 0 Å². The van der Waals surface area contributed by atoms with Crippen LogP contribution in [0.1, 0.15) is 30.2 Å². The number of anilines is 1. The monoisotopic (exact) mass is 251 g/mol. The predicted octanol–water partition coefficient (Wildman–Crippen LogP) is 3.46. The first-order valence-electron chi connectivity index (χ1n) is 6.43. The molecule has 19 heavy (non-hydrogen) atoms. The van der Waals surface area contributed by atoms with Crippen LogP contribution < -0.4 is 5.73 Å². The van der Waals surface area contributed by atoms with Gasteiger partial charge in [-0.1, -0.05) is 43.7 Å². The molecule has 0 bridgehead atoms. The van der Waals surface area contributed by atoms with Crippen molar-refractivity contribution in [2.45, 2.75) is 26.7 Å². The van der Waals surface area contributed by atoms with Gasteiger partial charge in [0.2, 0.25) is 0 Å². The van der Waals surface area contributed by atoms with E-state index in [1.165, 1.54) is 0 Å². The molecule has 1 aromatic heterocycles. The van der Waals surface area contributed by atoms with E-state index in [-0.39, 0.29) is 0 Å². The third kappa shape index (κ3) is 2.43. The van der Waals surface area contributed by atoms with Crippen molar-refractivity contribution < 1.29 is 0 Å². The summed E-state index contributed by atoms with van der Waals surface area (Å²) in [6.45, 7) is 4.12. The van der Waals surface area contributed by atoms with Crippen LogP contribution in [0.3, 0.4) is 0 Å². The normalized spacial score (nSPS) is 10.2. The maximum atomic E-state index is 9.34. The SMILES string of the molecule is CCCc1nc(N)c(C#N)c(-c2ccccc2)c1C. The van der Waals surface area contributed by atoms with Gasteiger partial charge in [-0.05, 0) is 24.5 Å². The van der Waals surface area contributed by atoms with Gasteiger partial charge in [-0.3, -0.25) is 0 Å². The molecule has 1 heterocycles. The van der Waals surface area contributed by atoms with E-state index >= 15 is 0 Å². The summed E-state index contributed by atoms with van der Waals surface area (Å²) in [4.78, 5) is 4.37. The van der Waals surface area contributed by atoms with Crippen molar-refractivity contribution in [3.63, 3.8) is 0 Å². The number of hydrogen-bond donors (Lipinski definition) is 1. The highest BCUT2D eigenvalue weighted by atomic mass is 14.8. The molecule has 0 saturated carbocycles. The molecule has 2 aromatic rings. The molecule has 2 rings (SSSR count). The Labute approximate surface area is 113 Å². The van der Waals surface area contributed by atoms with Crippen LogP contribution in [0.4, 0.5) is 5.82 Å². The molecule has 0 saturated heterocycles. The Morgan fingerprint density at radius 1 is 1.26 bits per heavy atom. The largest absolute Gasteiger partial charge is 0.383 e. The van der Waals surface area contributed by atoms with Crippen molar-refractivity contribution >= 4 is 5.82 Å². The number of nitrogen functional groups attached to an aromatic ring is 1. The average molecular weight is 251 g/mol. The average Bonchev–Trinajstić information content (AvgIpc) is 2.43. The zero-order valence-electron chi connectivity index (χ0n) is 11.3. The molecule has 0 aliphatic heterocycles. The van der Waals surface area contributed by atoms with Gasteiger partial charge in [0.05, 0.1) is 0 Å². The van der Waals surface area contributed by atoms with Crippen molar-refractivity contribution in [3.05, 3.63) is 47.2 Å². The highest BCUT2D eigenvalue weighted by molar-refractivity contribution is 5.78. The Kier molecular flexibility index (Phi) is 3.82. The number of nitriles is 1. The number of nitrogens with two attached hydrogens (primary N) is 1. The molecular weight excluding hydrogens is 234 g/mol. The summed E-state index contributed by atoms with van der Waals surface area (Å²) in [5.74, 6) is 0.329. The van der Waals surface area contributed by atoms with Crippen LogP contribution in [0.15, 0.2) is 30.3 Å². The maximum absolute atomic E-state index is 9.34. The molecule has 0 aliphatic carbocycles. The number of pyridine rings is 1. The van der Waals surface area contributed by atoms with Gasteiger partial charge in [-0.15, -0.1) is 0 Å². The Morgan fingerprint density at radius 3 is 2.53 bits per heavy atom. The zero-order chi connectivity index (χ0) is 13.8. The first kappa shape index (κ1) is 13.1. The zero-order valence-corrected chi connectivity index (χ0v) is 11.3. The van der Waals surface area contributed by atoms with Crippen LogP contribution in [0, 0.1) is 18.3 Å². The van der Waals surface area contributed by atoms with Gasteiger partial charge in [-0.25, -0.2) is 4.98 Å². The molecule has 0 spiro atoms. The smallest absolute Gasteiger partial charge is 0.142 e. The number of aryl methyl sites for hydroxylation is 1. The molecule has 3 nitrogen and oxygen atoms in total. The lowest BCUT2D eigenvalue weighted by molar-refractivity contribution is 0.874. The van der Waals surface area contributed by atoms with Crippen LogP contribution in [0.2, 0.25) is 0 Å². The minimum atomic E-state index is 0.329. The number of aromatic nitrogens is 1. The van der Waals surface area contributed by atoms with Crippen molar-refractivity contribution in [2.75, 3.05) is 5.73 Å². The van der Waals surface area contributed by atoms with E-state index in [9.17, 15) is 5.26 Å². The molecule has 3 heteroatoms. The van der Waals surface area contributed by atoms with E-state index in [4.69, 9.17) is 5.73 Å². The molecule has 0 aliphatic rings. The summed E-state index contributed by atoms with van der Waals surface area (Å²) >= 11 is 0. The lowest BCUT2D eigenvalue weighted by Crippen LogP contribution is -2.05. The van der Waals surface area contributed by atoms with Crippen molar-refractivity contribution in [1.29, 1.82) is 5.26 Å². The van der Waals surface area contributed by atoms with E-state index < -0.39 is 0 Å². The highest BCUT2D eigenvalue weighted by Crippen LogP contribution is 2.31. The molecule has 0 atom stereocenters. The van der Waals surface area contributed by atoms with Gasteiger partial charge >= 0.3 is 0 Å². The summed E-state index contributed by atoms with van der Waals surface area (Å²) in [5.41, 5.74) is 10.4. The van der Waals surface area contributed by atoms with Crippen LogP contribution >= 0.6 is 0 Å². The Balaban J connectivity index is 2.74. The fourth-order valence-electron chi connectivity index (χ4n) is 2.30. The van der Waals surface area contributed by atoms with Gasteiger partial charge in [-0.2, -0.15) is 5.26 Å². The topological polar surface area (TPSA) is 62.7 Å². The van der Waals surface area contributed by atoms with Gasteiger partial charge in [0.1, 0.15) is 17.5 Å². The molecule has 0 fully saturated rings. The van der Waals surface area contributed by atoms with Crippen LogP contribution in [-0.2, 0) is 6.42 Å². The number of rotatable bonds is 3. The summed E-state index contributed by atoms with van der Waals surface area (Å²) in [6, 6.07) is 12.1. The van der Waals surface area contributed by atoms with E-state index in [1.807, 2.05) is 37.3 Å². The standard InChI is InChI=1S/C16H17N3/c1-3-7-14-11(2)15(12-8-5-4-6-9-12)13(10-17)16(18)19-14/h4-6,8-9H,3,7H2,1-2H3,(H2,18,19). The summed E-state index contributed by atoms with van der Waals surface area (Å²) < 4.78 is 0. The predicted molar refractivity (Wildman–Crippen MR) is 77.5 cm³/mol. The third-order valence-corrected chi connectivity index (χ3v) is 3.23. The maximum Gasteiger partial charge on any atom is 0.142 e. The fourth-order valence-corrected chi connectivity index (χ4v) is 2.30. The van der Waals surface area contributed by atoms with Crippen LogP contribution in [0.25, 0.3) is 11.1 Å². The van der Waals surface area contributed by atoms with E-state index in [0.717, 1.165) is 35.2 Å². The first-order chi connectivity index (χ1) is 9.19. The van der Waals surface area contributed by atoms with Gasteiger partial charge in [0.15, 0.2) is 0 Å². The Morgan fingerprint density at radius 2 is 1.95 bits per heavy atom. The molecule has 1 aromatic carbocycles.